The smallest absolute Gasteiger partial charge is 0.333 e. The zero-order chi connectivity index (χ0) is 14.8. The van der Waals surface area contributed by atoms with Crippen molar-refractivity contribution >= 4 is 11.7 Å². The number of benzene rings is 2. The highest BCUT2D eigenvalue weighted by Crippen LogP contribution is 2.27. The van der Waals surface area contributed by atoms with Crippen molar-refractivity contribution < 1.29 is 14.3 Å². The molecule has 0 saturated heterocycles. The molecule has 2 rings (SSSR count). The maximum absolute atomic E-state index is 13.4. The average Bonchev–Trinajstić information content (AvgIpc) is 2.38. The van der Waals surface area contributed by atoms with Crippen molar-refractivity contribution in [3.63, 3.8) is 0 Å². The monoisotopic (exact) mass is 273 g/mol. The number of halogens is 1. The second-order valence-corrected chi connectivity index (χ2v) is 4.94. The summed E-state index contributed by atoms with van der Waals surface area (Å²) in [4.78, 5) is 11.6. The Kier molecular flexibility index (Phi) is 3.74. The van der Waals surface area contributed by atoms with Crippen molar-refractivity contribution in [3.05, 3.63) is 65.5 Å². The lowest BCUT2D eigenvalue weighted by Crippen LogP contribution is -2.40. The van der Waals surface area contributed by atoms with Gasteiger partial charge in [0, 0.05) is 5.69 Å². The van der Waals surface area contributed by atoms with Crippen LogP contribution in [0.5, 0.6) is 0 Å². The van der Waals surface area contributed by atoms with Gasteiger partial charge < -0.3 is 10.4 Å². The highest BCUT2D eigenvalue weighted by atomic mass is 19.1. The Morgan fingerprint density at radius 1 is 1.20 bits per heavy atom. The van der Waals surface area contributed by atoms with E-state index in [4.69, 9.17) is 0 Å². The second kappa shape index (κ2) is 5.33. The number of hydrogen-bond acceptors (Lipinski definition) is 2. The van der Waals surface area contributed by atoms with Crippen LogP contribution in [-0.2, 0) is 10.3 Å². The predicted molar refractivity (Wildman–Crippen MR) is 76.2 cm³/mol. The molecule has 2 N–H and O–H groups in total. The summed E-state index contributed by atoms with van der Waals surface area (Å²) in [5, 5.41) is 12.4. The summed E-state index contributed by atoms with van der Waals surface area (Å²) in [6, 6.07) is 13.2. The maximum atomic E-state index is 13.4. The fourth-order valence-corrected chi connectivity index (χ4v) is 2.12. The van der Waals surface area contributed by atoms with Crippen LogP contribution in [0.3, 0.4) is 0 Å². The number of aliphatic carboxylic acids is 1. The highest BCUT2D eigenvalue weighted by Gasteiger charge is 2.35. The van der Waals surface area contributed by atoms with E-state index in [-0.39, 0.29) is 0 Å². The molecule has 2 aromatic carbocycles. The number of aryl methyl sites for hydroxylation is 1. The van der Waals surface area contributed by atoms with Gasteiger partial charge in [0.15, 0.2) is 5.54 Å². The number of rotatable bonds is 4. The first-order chi connectivity index (χ1) is 9.41. The summed E-state index contributed by atoms with van der Waals surface area (Å²) >= 11 is 0. The zero-order valence-corrected chi connectivity index (χ0v) is 11.4. The van der Waals surface area contributed by atoms with Crippen molar-refractivity contribution in [1.82, 2.24) is 0 Å². The normalized spacial score (nSPS) is 13.6. The SMILES string of the molecule is Cc1cc(F)cc(NC(C)(C(=O)O)c2ccccc2)c1. The number of nitrogens with one attached hydrogen (secondary N) is 1. The predicted octanol–water partition coefficient (Wildman–Crippen LogP) is 3.55. The Morgan fingerprint density at radius 3 is 2.40 bits per heavy atom. The molecule has 0 fully saturated rings. The topological polar surface area (TPSA) is 49.3 Å². The summed E-state index contributed by atoms with van der Waals surface area (Å²) < 4.78 is 13.4. The van der Waals surface area contributed by atoms with Gasteiger partial charge in [-0.1, -0.05) is 30.3 Å². The van der Waals surface area contributed by atoms with Gasteiger partial charge >= 0.3 is 5.97 Å². The molecule has 20 heavy (non-hydrogen) atoms. The van der Waals surface area contributed by atoms with Gasteiger partial charge in [0.2, 0.25) is 0 Å². The van der Waals surface area contributed by atoms with E-state index in [0.717, 1.165) is 5.56 Å². The van der Waals surface area contributed by atoms with Crippen LogP contribution in [0.25, 0.3) is 0 Å². The second-order valence-electron chi connectivity index (χ2n) is 4.94. The molecule has 0 spiro atoms. The quantitative estimate of drug-likeness (QED) is 0.895. The van der Waals surface area contributed by atoms with E-state index in [2.05, 4.69) is 5.32 Å². The molecule has 104 valence electrons. The van der Waals surface area contributed by atoms with E-state index < -0.39 is 17.3 Å². The first-order valence-corrected chi connectivity index (χ1v) is 6.26. The number of carbonyl (C=O) groups is 1. The molecule has 0 radical (unpaired) electrons. The van der Waals surface area contributed by atoms with Gasteiger partial charge in [0.25, 0.3) is 0 Å². The van der Waals surface area contributed by atoms with Crippen molar-refractivity contribution in [3.8, 4) is 0 Å². The van der Waals surface area contributed by atoms with Crippen LogP contribution in [0.15, 0.2) is 48.5 Å². The maximum Gasteiger partial charge on any atom is 0.333 e. The fraction of sp³-hybridized carbons (Fsp3) is 0.188. The molecule has 1 unspecified atom stereocenters. The largest absolute Gasteiger partial charge is 0.479 e. The van der Waals surface area contributed by atoms with Gasteiger partial charge in [0.05, 0.1) is 0 Å². The van der Waals surface area contributed by atoms with Crippen molar-refractivity contribution in [2.45, 2.75) is 19.4 Å². The lowest BCUT2D eigenvalue weighted by Gasteiger charge is -2.28. The van der Waals surface area contributed by atoms with Crippen molar-refractivity contribution in [1.29, 1.82) is 0 Å². The molecular formula is C16H16FNO2. The highest BCUT2D eigenvalue weighted by molar-refractivity contribution is 5.84. The number of carboxylic acids is 1. The minimum Gasteiger partial charge on any atom is -0.479 e. The van der Waals surface area contributed by atoms with Crippen LogP contribution in [-0.4, -0.2) is 11.1 Å². The first kappa shape index (κ1) is 14.1. The molecule has 3 nitrogen and oxygen atoms in total. The Bertz CT molecular complexity index is 607. The van der Waals surface area contributed by atoms with Crippen LogP contribution in [0.2, 0.25) is 0 Å². The van der Waals surface area contributed by atoms with E-state index in [1.54, 1.807) is 44.2 Å². The van der Waals surface area contributed by atoms with Gasteiger partial charge in [-0.25, -0.2) is 9.18 Å². The van der Waals surface area contributed by atoms with Crippen molar-refractivity contribution in [2.24, 2.45) is 0 Å². The molecule has 0 aliphatic carbocycles. The first-order valence-electron chi connectivity index (χ1n) is 6.26. The molecule has 0 amide bonds. The van der Waals surface area contributed by atoms with E-state index in [0.29, 0.717) is 11.3 Å². The van der Waals surface area contributed by atoms with Gasteiger partial charge in [-0.2, -0.15) is 0 Å². The lowest BCUT2D eigenvalue weighted by molar-refractivity contribution is -0.142. The zero-order valence-electron chi connectivity index (χ0n) is 11.4. The minimum absolute atomic E-state index is 0.395. The van der Waals surface area contributed by atoms with Crippen LogP contribution in [0.1, 0.15) is 18.1 Å². The van der Waals surface area contributed by atoms with E-state index in [1.165, 1.54) is 12.1 Å². The third-order valence-electron chi connectivity index (χ3n) is 3.22. The number of hydrogen-bond donors (Lipinski definition) is 2. The summed E-state index contributed by atoms with van der Waals surface area (Å²) in [7, 11) is 0. The van der Waals surface area contributed by atoms with Crippen molar-refractivity contribution in [2.75, 3.05) is 5.32 Å². The summed E-state index contributed by atoms with van der Waals surface area (Å²) in [6.07, 6.45) is 0. The van der Waals surface area contributed by atoms with Crippen LogP contribution < -0.4 is 5.32 Å². The molecule has 0 saturated carbocycles. The number of carboxylic acid groups (broad SMARTS) is 1. The van der Waals surface area contributed by atoms with Gasteiger partial charge in [-0.15, -0.1) is 0 Å². The number of anilines is 1. The van der Waals surface area contributed by atoms with E-state index in [1.807, 2.05) is 6.07 Å². The lowest BCUT2D eigenvalue weighted by atomic mass is 9.91. The Morgan fingerprint density at radius 2 is 1.85 bits per heavy atom. The van der Waals surface area contributed by atoms with E-state index >= 15 is 0 Å². The molecule has 4 heteroatoms. The van der Waals surface area contributed by atoms with Gasteiger partial charge in [-0.3, -0.25) is 0 Å². The molecule has 1 atom stereocenters. The van der Waals surface area contributed by atoms with Gasteiger partial charge in [-0.05, 0) is 43.2 Å². The average molecular weight is 273 g/mol. The van der Waals surface area contributed by atoms with Crippen LogP contribution >= 0.6 is 0 Å². The molecule has 0 bridgehead atoms. The molecule has 2 aromatic rings. The summed E-state index contributed by atoms with van der Waals surface area (Å²) in [5.74, 6) is -1.42. The summed E-state index contributed by atoms with van der Waals surface area (Å²) in [6.45, 7) is 3.32. The Balaban J connectivity index is 2.42. The molecule has 0 aliphatic heterocycles. The molecule has 0 aliphatic rings. The third-order valence-corrected chi connectivity index (χ3v) is 3.22. The van der Waals surface area contributed by atoms with Crippen LogP contribution in [0.4, 0.5) is 10.1 Å². The molecular weight excluding hydrogens is 257 g/mol. The standard InChI is InChI=1S/C16H16FNO2/c1-11-8-13(17)10-14(9-11)18-16(2,15(19)20)12-6-4-3-5-7-12/h3-10,18H,1-2H3,(H,19,20). The third kappa shape index (κ3) is 2.79. The fourth-order valence-electron chi connectivity index (χ4n) is 2.12. The minimum atomic E-state index is -1.32. The Hall–Kier alpha value is -2.36. The van der Waals surface area contributed by atoms with Gasteiger partial charge in [0.1, 0.15) is 5.82 Å². The molecule has 0 heterocycles. The van der Waals surface area contributed by atoms with E-state index in [9.17, 15) is 14.3 Å². The van der Waals surface area contributed by atoms with Crippen LogP contribution in [0, 0.1) is 12.7 Å². The molecule has 0 aromatic heterocycles. The Labute approximate surface area is 117 Å². The summed E-state index contributed by atoms with van der Waals surface area (Å²) in [5.41, 5.74) is 0.459.